The number of aliphatic hydroxyl groups is 1. The van der Waals surface area contributed by atoms with Crippen LogP contribution in [-0.2, 0) is 16.4 Å². The lowest BCUT2D eigenvalue weighted by Crippen LogP contribution is -2.46. The molecule has 1 aromatic carbocycles. The summed E-state index contributed by atoms with van der Waals surface area (Å²) < 4.78 is 27.4. The molecule has 1 aromatic rings. The van der Waals surface area contributed by atoms with Gasteiger partial charge in [0, 0.05) is 12.1 Å². The van der Waals surface area contributed by atoms with Gasteiger partial charge in [-0.15, -0.1) is 0 Å². The molecule has 0 saturated heterocycles. The summed E-state index contributed by atoms with van der Waals surface area (Å²) in [5.74, 6) is 0. The molecule has 0 aliphatic rings. The molecular weight excluding hydrogens is 274 g/mol. The molecule has 0 aromatic heterocycles. The molecule has 0 aliphatic carbocycles. The van der Waals surface area contributed by atoms with E-state index in [9.17, 15) is 8.42 Å². The first-order valence-electron chi connectivity index (χ1n) is 7.10. The summed E-state index contributed by atoms with van der Waals surface area (Å²) in [4.78, 5) is 0.273. The Morgan fingerprint density at radius 3 is 2.25 bits per heavy atom. The van der Waals surface area contributed by atoms with Crippen LogP contribution in [0.15, 0.2) is 29.2 Å². The van der Waals surface area contributed by atoms with Crippen LogP contribution in [0.4, 0.5) is 0 Å². The van der Waals surface area contributed by atoms with E-state index in [0.29, 0.717) is 12.8 Å². The highest BCUT2D eigenvalue weighted by atomic mass is 32.2. The van der Waals surface area contributed by atoms with Crippen LogP contribution in [0.5, 0.6) is 0 Å². The van der Waals surface area contributed by atoms with E-state index in [1.807, 2.05) is 26.0 Å². The Labute approximate surface area is 122 Å². The summed E-state index contributed by atoms with van der Waals surface area (Å²) in [7, 11) is -3.55. The monoisotopic (exact) mass is 299 g/mol. The Morgan fingerprint density at radius 2 is 1.80 bits per heavy atom. The van der Waals surface area contributed by atoms with E-state index in [4.69, 9.17) is 5.11 Å². The summed E-state index contributed by atoms with van der Waals surface area (Å²) >= 11 is 0. The first-order valence-corrected chi connectivity index (χ1v) is 8.59. The lowest BCUT2D eigenvalue weighted by Gasteiger charge is -2.28. The van der Waals surface area contributed by atoms with E-state index < -0.39 is 15.6 Å². The summed E-state index contributed by atoms with van der Waals surface area (Å²) in [6.45, 7) is 5.77. The van der Waals surface area contributed by atoms with Gasteiger partial charge >= 0.3 is 0 Å². The molecular formula is C15H25NO3S. The van der Waals surface area contributed by atoms with Gasteiger partial charge in [-0.25, -0.2) is 13.1 Å². The molecule has 0 bridgehead atoms. The molecule has 1 rings (SSSR count). The summed E-state index contributed by atoms with van der Waals surface area (Å²) in [6, 6.07) is 6.99. The van der Waals surface area contributed by atoms with Gasteiger partial charge in [0.05, 0.1) is 4.90 Å². The summed E-state index contributed by atoms with van der Waals surface area (Å²) in [6.07, 6.45) is 3.01. The highest BCUT2D eigenvalue weighted by Gasteiger charge is 2.28. The van der Waals surface area contributed by atoms with E-state index in [1.54, 1.807) is 12.1 Å². The number of rotatable bonds is 8. The predicted molar refractivity (Wildman–Crippen MR) is 81.2 cm³/mol. The van der Waals surface area contributed by atoms with E-state index >= 15 is 0 Å². The van der Waals surface area contributed by atoms with Crippen LogP contribution in [0.3, 0.4) is 0 Å². The second-order valence-corrected chi connectivity index (χ2v) is 7.07. The molecule has 4 nitrogen and oxygen atoms in total. The van der Waals surface area contributed by atoms with E-state index in [0.717, 1.165) is 18.4 Å². The minimum atomic E-state index is -3.55. The van der Waals surface area contributed by atoms with Crippen molar-refractivity contribution in [2.24, 2.45) is 0 Å². The second-order valence-electron chi connectivity index (χ2n) is 5.39. The standard InChI is InChI=1S/C15H25NO3S/c1-4-6-13-7-9-14(10-8-13)20(18,19)16-15(3,5-2)11-12-17/h7-10,16-17H,4-6,11-12H2,1-3H3. The quantitative estimate of drug-likeness (QED) is 0.775. The second kappa shape index (κ2) is 7.20. The van der Waals surface area contributed by atoms with E-state index in [-0.39, 0.29) is 11.5 Å². The lowest BCUT2D eigenvalue weighted by atomic mass is 9.97. The van der Waals surface area contributed by atoms with Crippen LogP contribution in [0.25, 0.3) is 0 Å². The Bertz CT molecular complexity index is 510. The number of aryl methyl sites for hydroxylation is 1. The van der Waals surface area contributed by atoms with Gasteiger partial charge in [-0.3, -0.25) is 0 Å². The number of aliphatic hydroxyl groups excluding tert-OH is 1. The first-order chi connectivity index (χ1) is 9.37. The minimum absolute atomic E-state index is 0.0394. The smallest absolute Gasteiger partial charge is 0.241 e. The fraction of sp³-hybridized carbons (Fsp3) is 0.600. The molecule has 0 radical (unpaired) electrons. The molecule has 0 saturated carbocycles. The van der Waals surface area contributed by atoms with Crippen molar-refractivity contribution in [3.05, 3.63) is 29.8 Å². The topological polar surface area (TPSA) is 66.4 Å². The maximum atomic E-state index is 12.4. The highest BCUT2D eigenvalue weighted by Crippen LogP contribution is 2.19. The van der Waals surface area contributed by atoms with Gasteiger partial charge in [0.25, 0.3) is 0 Å². The number of sulfonamides is 1. The molecule has 0 amide bonds. The van der Waals surface area contributed by atoms with Crippen molar-refractivity contribution in [2.45, 2.75) is 56.9 Å². The predicted octanol–water partition coefficient (Wildman–Crippen LogP) is 2.47. The molecule has 0 aliphatic heterocycles. The van der Waals surface area contributed by atoms with Crippen LogP contribution in [0.2, 0.25) is 0 Å². The fourth-order valence-corrected chi connectivity index (χ4v) is 3.56. The normalized spacial score (nSPS) is 15.0. The minimum Gasteiger partial charge on any atom is -0.396 e. The zero-order chi connectivity index (χ0) is 15.2. The zero-order valence-electron chi connectivity index (χ0n) is 12.5. The third-order valence-corrected chi connectivity index (χ3v) is 5.25. The molecule has 114 valence electrons. The van der Waals surface area contributed by atoms with Crippen molar-refractivity contribution in [2.75, 3.05) is 6.61 Å². The third kappa shape index (κ3) is 4.58. The van der Waals surface area contributed by atoms with Gasteiger partial charge in [0.1, 0.15) is 0 Å². The number of hydrogen-bond donors (Lipinski definition) is 2. The Balaban J connectivity index is 2.92. The van der Waals surface area contributed by atoms with Crippen molar-refractivity contribution in [1.29, 1.82) is 0 Å². The van der Waals surface area contributed by atoms with Crippen LogP contribution in [0.1, 0.15) is 45.6 Å². The maximum Gasteiger partial charge on any atom is 0.241 e. The number of hydrogen-bond acceptors (Lipinski definition) is 3. The van der Waals surface area contributed by atoms with Gasteiger partial charge in [-0.1, -0.05) is 32.4 Å². The summed E-state index contributed by atoms with van der Waals surface area (Å²) in [5, 5.41) is 9.06. The Kier molecular flexibility index (Phi) is 6.17. The summed E-state index contributed by atoms with van der Waals surface area (Å²) in [5.41, 5.74) is 0.524. The third-order valence-electron chi connectivity index (χ3n) is 3.60. The van der Waals surface area contributed by atoms with Crippen molar-refractivity contribution >= 4 is 10.0 Å². The molecule has 0 spiro atoms. The van der Waals surface area contributed by atoms with Crippen LogP contribution in [-0.4, -0.2) is 25.7 Å². The maximum absolute atomic E-state index is 12.4. The van der Waals surface area contributed by atoms with Crippen molar-refractivity contribution in [3.63, 3.8) is 0 Å². The van der Waals surface area contributed by atoms with Crippen molar-refractivity contribution in [1.82, 2.24) is 4.72 Å². The molecule has 0 fully saturated rings. The average molecular weight is 299 g/mol. The number of nitrogens with one attached hydrogen (secondary N) is 1. The van der Waals surface area contributed by atoms with Gasteiger partial charge in [0.2, 0.25) is 10.0 Å². The lowest BCUT2D eigenvalue weighted by molar-refractivity contribution is 0.233. The first kappa shape index (κ1) is 17.1. The van der Waals surface area contributed by atoms with Crippen molar-refractivity contribution < 1.29 is 13.5 Å². The molecule has 5 heteroatoms. The van der Waals surface area contributed by atoms with Gasteiger partial charge in [0.15, 0.2) is 0 Å². The van der Waals surface area contributed by atoms with E-state index in [1.165, 1.54) is 0 Å². The molecule has 2 N–H and O–H groups in total. The molecule has 1 unspecified atom stereocenters. The van der Waals surface area contributed by atoms with Crippen LogP contribution < -0.4 is 4.72 Å². The zero-order valence-corrected chi connectivity index (χ0v) is 13.3. The SMILES string of the molecule is CCCc1ccc(S(=O)(=O)NC(C)(CC)CCO)cc1. The molecule has 0 heterocycles. The van der Waals surface area contributed by atoms with Crippen molar-refractivity contribution in [3.8, 4) is 0 Å². The Hall–Kier alpha value is -0.910. The van der Waals surface area contributed by atoms with Gasteiger partial charge < -0.3 is 5.11 Å². The largest absolute Gasteiger partial charge is 0.396 e. The molecule has 20 heavy (non-hydrogen) atoms. The number of benzene rings is 1. The van der Waals surface area contributed by atoms with E-state index in [2.05, 4.69) is 11.6 Å². The van der Waals surface area contributed by atoms with Gasteiger partial charge in [-0.05, 0) is 43.9 Å². The fourth-order valence-electron chi connectivity index (χ4n) is 2.05. The Morgan fingerprint density at radius 1 is 1.20 bits per heavy atom. The van der Waals surface area contributed by atoms with Crippen LogP contribution >= 0.6 is 0 Å². The molecule has 1 atom stereocenters. The average Bonchev–Trinajstić information content (AvgIpc) is 2.39. The van der Waals surface area contributed by atoms with Gasteiger partial charge in [-0.2, -0.15) is 0 Å². The van der Waals surface area contributed by atoms with Crippen LogP contribution in [0, 0.1) is 0 Å². The highest BCUT2D eigenvalue weighted by molar-refractivity contribution is 7.89.